The summed E-state index contributed by atoms with van der Waals surface area (Å²) in [5.74, 6) is 1.08. The molecule has 106 valence electrons. The van der Waals surface area contributed by atoms with Gasteiger partial charge in [-0.1, -0.05) is 22.9 Å². The van der Waals surface area contributed by atoms with Crippen molar-refractivity contribution >= 4 is 26.0 Å². The van der Waals surface area contributed by atoms with Gasteiger partial charge in [-0.05, 0) is 49.8 Å². The highest BCUT2D eigenvalue weighted by Gasteiger charge is 2.23. The van der Waals surface area contributed by atoms with E-state index in [4.69, 9.17) is 9.88 Å². The number of nitrogens with two attached hydrogens (primary N) is 1. The van der Waals surface area contributed by atoms with Crippen molar-refractivity contribution in [3.8, 4) is 5.75 Å². The number of benzene rings is 1. The summed E-state index contributed by atoms with van der Waals surface area (Å²) in [6.07, 6.45) is 4.23. The van der Waals surface area contributed by atoms with Gasteiger partial charge < -0.3 is 4.74 Å². The molecule has 0 heterocycles. The standard InChI is InChI=1S/C13H18BrNO3S/c1-9-2-5-11(6-3-9)18-12-7-4-10(14)8-13(12)19(15,16)17/h4,7-9,11H,2-3,5-6H2,1H3,(H2,15,16,17). The molecule has 0 radical (unpaired) electrons. The molecule has 6 heteroatoms. The summed E-state index contributed by atoms with van der Waals surface area (Å²) in [6.45, 7) is 2.23. The lowest BCUT2D eigenvalue weighted by Crippen LogP contribution is -2.24. The van der Waals surface area contributed by atoms with E-state index in [1.807, 2.05) is 0 Å². The smallest absolute Gasteiger partial charge is 0.241 e. The lowest BCUT2D eigenvalue weighted by Gasteiger charge is -2.27. The van der Waals surface area contributed by atoms with Crippen molar-refractivity contribution < 1.29 is 13.2 Å². The Balaban J connectivity index is 2.21. The fourth-order valence-electron chi connectivity index (χ4n) is 2.33. The molecule has 1 aromatic rings. The van der Waals surface area contributed by atoms with Gasteiger partial charge in [0.25, 0.3) is 0 Å². The first kappa shape index (κ1) is 14.8. The lowest BCUT2D eigenvalue weighted by molar-refractivity contribution is 0.132. The van der Waals surface area contributed by atoms with Gasteiger partial charge in [-0.3, -0.25) is 0 Å². The minimum Gasteiger partial charge on any atom is -0.489 e. The van der Waals surface area contributed by atoms with Gasteiger partial charge in [0.2, 0.25) is 10.0 Å². The molecule has 4 nitrogen and oxygen atoms in total. The molecule has 0 atom stereocenters. The molecule has 0 aliphatic heterocycles. The van der Waals surface area contributed by atoms with Crippen LogP contribution in [-0.2, 0) is 10.0 Å². The summed E-state index contributed by atoms with van der Waals surface area (Å²) in [5, 5.41) is 5.23. The summed E-state index contributed by atoms with van der Waals surface area (Å²) in [4.78, 5) is 0.0421. The number of sulfonamides is 1. The second-order valence-corrected chi connectivity index (χ2v) is 7.58. The van der Waals surface area contributed by atoms with E-state index in [2.05, 4.69) is 22.9 Å². The average molecular weight is 348 g/mol. The maximum absolute atomic E-state index is 11.6. The van der Waals surface area contributed by atoms with Crippen molar-refractivity contribution in [2.24, 2.45) is 11.1 Å². The third-order valence-electron chi connectivity index (χ3n) is 3.47. The first-order chi connectivity index (χ1) is 8.86. The molecular formula is C13H18BrNO3S. The van der Waals surface area contributed by atoms with Crippen molar-refractivity contribution in [3.63, 3.8) is 0 Å². The van der Waals surface area contributed by atoms with Crippen LogP contribution in [0.25, 0.3) is 0 Å². The first-order valence-electron chi connectivity index (χ1n) is 6.35. The Morgan fingerprint density at radius 1 is 1.26 bits per heavy atom. The maximum Gasteiger partial charge on any atom is 0.241 e. The molecule has 0 unspecified atom stereocenters. The molecule has 1 fully saturated rings. The Kier molecular flexibility index (Phi) is 4.53. The van der Waals surface area contributed by atoms with E-state index in [0.29, 0.717) is 10.2 Å². The van der Waals surface area contributed by atoms with Crippen molar-refractivity contribution in [2.75, 3.05) is 0 Å². The zero-order valence-electron chi connectivity index (χ0n) is 10.8. The minimum atomic E-state index is -3.77. The predicted molar refractivity (Wildman–Crippen MR) is 77.6 cm³/mol. The zero-order valence-corrected chi connectivity index (χ0v) is 13.2. The Hall–Kier alpha value is -0.590. The second kappa shape index (κ2) is 5.81. The van der Waals surface area contributed by atoms with Gasteiger partial charge in [0.15, 0.2) is 0 Å². The van der Waals surface area contributed by atoms with Crippen LogP contribution in [0.5, 0.6) is 5.75 Å². The highest BCUT2D eigenvalue weighted by molar-refractivity contribution is 9.10. The van der Waals surface area contributed by atoms with Crippen LogP contribution in [0, 0.1) is 5.92 Å². The molecule has 2 rings (SSSR count). The molecule has 0 saturated heterocycles. The topological polar surface area (TPSA) is 69.4 Å². The number of halogens is 1. The third-order valence-corrected chi connectivity index (χ3v) is 4.89. The van der Waals surface area contributed by atoms with Gasteiger partial charge in [0, 0.05) is 4.47 Å². The van der Waals surface area contributed by atoms with E-state index >= 15 is 0 Å². The van der Waals surface area contributed by atoms with Crippen LogP contribution in [0.15, 0.2) is 27.6 Å². The Labute approximate surface area is 122 Å². The maximum atomic E-state index is 11.6. The van der Waals surface area contributed by atoms with Crippen molar-refractivity contribution in [3.05, 3.63) is 22.7 Å². The molecule has 0 aromatic heterocycles. The lowest BCUT2D eigenvalue weighted by atomic mass is 9.89. The van der Waals surface area contributed by atoms with Crippen LogP contribution >= 0.6 is 15.9 Å². The van der Waals surface area contributed by atoms with E-state index in [0.717, 1.165) is 31.6 Å². The van der Waals surface area contributed by atoms with E-state index in [1.165, 1.54) is 6.07 Å². The molecular weight excluding hydrogens is 330 g/mol. The Morgan fingerprint density at radius 3 is 2.47 bits per heavy atom. The summed E-state index contributed by atoms with van der Waals surface area (Å²) < 4.78 is 29.7. The Morgan fingerprint density at radius 2 is 1.89 bits per heavy atom. The van der Waals surface area contributed by atoms with Crippen LogP contribution < -0.4 is 9.88 Å². The van der Waals surface area contributed by atoms with Crippen molar-refractivity contribution in [1.82, 2.24) is 0 Å². The van der Waals surface area contributed by atoms with Gasteiger partial charge in [0.05, 0.1) is 6.10 Å². The third kappa shape index (κ3) is 3.94. The average Bonchev–Trinajstić information content (AvgIpc) is 2.33. The molecule has 1 aromatic carbocycles. The predicted octanol–water partition coefficient (Wildman–Crippen LogP) is 3.05. The fraction of sp³-hybridized carbons (Fsp3) is 0.538. The summed E-state index contributed by atoms with van der Waals surface area (Å²) in [6, 6.07) is 4.90. The number of ether oxygens (including phenoxy) is 1. The quantitative estimate of drug-likeness (QED) is 0.913. The van der Waals surface area contributed by atoms with Gasteiger partial charge in [-0.15, -0.1) is 0 Å². The molecule has 0 spiro atoms. The second-order valence-electron chi connectivity index (χ2n) is 5.14. The number of rotatable bonds is 3. The number of primary sulfonamides is 1. The molecule has 2 N–H and O–H groups in total. The minimum absolute atomic E-state index is 0.0421. The first-order valence-corrected chi connectivity index (χ1v) is 8.69. The van der Waals surface area contributed by atoms with E-state index in [-0.39, 0.29) is 11.0 Å². The van der Waals surface area contributed by atoms with E-state index in [9.17, 15) is 8.42 Å². The van der Waals surface area contributed by atoms with Crippen LogP contribution in [-0.4, -0.2) is 14.5 Å². The summed E-state index contributed by atoms with van der Waals surface area (Å²) in [5.41, 5.74) is 0. The van der Waals surface area contributed by atoms with Gasteiger partial charge >= 0.3 is 0 Å². The monoisotopic (exact) mass is 347 g/mol. The molecule has 0 bridgehead atoms. The highest BCUT2D eigenvalue weighted by atomic mass is 79.9. The zero-order chi connectivity index (χ0) is 14.0. The Bertz CT molecular complexity index is 551. The highest BCUT2D eigenvalue weighted by Crippen LogP contribution is 2.31. The SMILES string of the molecule is CC1CCC(Oc2ccc(Br)cc2S(N)(=O)=O)CC1. The van der Waals surface area contributed by atoms with Gasteiger partial charge in [-0.25, -0.2) is 13.6 Å². The van der Waals surface area contributed by atoms with Crippen LogP contribution in [0.1, 0.15) is 32.6 Å². The molecule has 0 amide bonds. The van der Waals surface area contributed by atoms with Gasteiger partial charge in [0.1, 0.15) is 10.6 Å². The van der Waals surface area contributed by atoms with Crippen molar-refractivity contribution in [2.45, 2.75) is 43.6 Å². The molecule has 1 saturated carbocycles. The molecule has 1 aliphatic carbocycles. The molecule has 1 aliphatic rings. The summed E-state index contributed by atoms with van der Waals surface area (Å²) >= 11 is 3.25. The van der Waals surface area contributed by atoms with Crippen LogP contribution in [0.4, 0.5) is 0 Å². The van der Waals surface area contributed by atoms with Gasteiger partial charge in [-0.2, -0.15) is 0 Å². The fourth-order valence-corrected chi connectivity index (χ4v) is 3.53. The largest absolute Gasteiger partial charge is 0.489 e. The normalized spacial score (nSPS) is 24.2. The van der Waals surface area contributed by atoms with Crippen molar-refractivity contribution in [1.29, 1.82) is 0 Å². The number of hydrogen-bond donors (Lipinski definition) is 1. The van der Waals surface area contributed by atoms with Crippen LogP contribution in [0.3, 0.4) is 0 Å². The van der Waals surface area contributed by atoms with E-state index < -0.39 is 10.0 Å². The molecule has 19 heavy (non-hydrogen) atoms. The van der Waals surface area contributed by atoms with Crippen LogP contribution in [0.2, 0.25) is 0 Å². The van der Waals surface area contributed by atoms with E-state index in [1.54, 1.807) is 12.1 Å². The number of hydrogen-bond acceptors (Lipinski definition) is 3. The summed E-state index contributed by atoms with van der Waals surface area (Å²) in [7, 11) is -3.77.